The van der Waals surface area contributed by atoms with Gasteiger partial charge in [-0.3, -0.25) is 0 Å². The van der Waals surface area contributed by atoms with Crippen LogP contribution >= 0.6 is 0 Å². The third-order valence-electron chi connectivity index (χ3n) is 2.59. The Morgan fingerprint density at radius 1 is 0.889 bits per heavy atom. The van der Waals surface area contributed by atoms with Crippen molar-refractivity contribution in [3.63, 3.8) is 0 Å². The van der Waals surface area contributed by atoms with Crippen LogP contribution in [0.25, 0.3) is 0 Å². The van der Waals surface area contributed by atoms with Gasteiger partial charge in [-0.05, 0) is 18.1 Å². The third-order valence-corrected chi connectivity index (χ3v) is 6.54. The molecule has 0 fully saturated rings. The van der Waals surface area contributed by atoms with Crippen LogP contribution < -0.4 is 0 Å². The molecule has 108 valence electrons. The summed E-state index contributed by atoms with van der Waals surface area (Å²) in [4.78, 5) is 9.58. The second kappa shape index (κ2) is 9.34. The minimum atomic E-state index is -5.64. The van der Waals surface area contributed by atoms with Crippen molar-refractivity contribution in [2.75, 3.05) is 6.61 Å². The Labute approximate surface area is 117 Å². The van der Waals surface area contributed by atoms with Crippen molar-refractivity contribution in [2.24, 2.45) is 0 Å². The molecule has 0 heterocycles. The van der Waals surface area contributed by atoms with Gasteiger partial charge in [0.15, 0.2) is 8.32 Å². The van der Waals surface area contributed by atoms with Gasteiger partial charge in [-0.25, -0.2) is 0 Å². The first kappa shape index (κ1) is 23.5. The molecule has 0 atom stereocenters. The number of aliphatic hydroxyl groups excluding tert-OH is 1. The zero-order valence-electron chi connectivity index (χ0n) is 10.8. The number of halogens is 5. The van der Waals surface area contributed by atoms with E-state index < -0.39 is 27.0 Å². The molecular formula is C9H19F5O2SiZn. The van der Waals surface area contributed by atoms with Crippen molar-refractivity contribution >= 4 is 8.32 Å². The summed E-state index contributed by atoms with van der Waals surface area (Å²) < 4.78 is 55.3. The van der Waals surface area contributed by atoms with E-state index in [0.717, 1.165) is 18.1 Å². The topological polar surface area (TPSA) is 40.5 Å². The number of hydrogen-bond acceptors (Lipinski definition) is 2. The molecule has 0 aliphatic carbocycles. The average Bonchev–Trinajstić information content (AvgIpc) is 2.27. The molecule has 18 heavy (non-hydrogen) atoms. The van der Waals surface area contributed by atoms with Crippen LogP contribution in [0.2, 0.25) is 18.1 Å². The zero-order chi connectivity index (χ0) is 14.3. The Hall–Kier alpha value is 0.410. The molecule has 0 bridgehead atoms. The molecule has 0 saturated carbocycles. The van der Waals surface area contributed by atoms with Crippen LogP contribution in [0, 0.1) is 0 Å². The Kier molecular flexibility index (Phi) is 12.2. The van der Waals surface area contributed by atoms with Gasteiger partial charge in [0.1, 0.15) is 6.61 Å². The molecule has 0 spiro atoms. The molecule has 0 saturated heterocycles. The van der Waals surface area contributed by atoms with Crippen LogP contribution in [0.3, 0.4) is 0 Å². The largest absolute Gasteiger partial charge is 0.455 e. The summed E-state index contributed by atoms with van der Waals surface area (Å²) in [6, 6.07) is 3.04. The van der Waals surface area contributed by atoms with Gasteiger partial charge >= 0.3 is 12.1 Å². The van der Waals surface area contributed by atoms with E-state index in [0.29, 0.717) is 0 Å². The smallest absolute Gasteiger partial charge is 0.432 e. The Balaban J connectivity index is -0.000000238. The van der Waals surface area contributed by atoms with Crippen LogP contribution in [-0.2, 0) is 19.5 Å². The van der Waals surface area contributed by atoms with Crippen molar-refractivity contribution in [3.05, 3.63) is 0 Å². The van der Waals surface area contributed by atoms with E-state index >= 15 is 0 Å². The van der Waals surface area contributed by atoms with Gasteiger partial charge in [0, 0.05) is 19.5 Å². The Morgan fingerprint density at radius 2 is 1.17 bits per heavy atom. The summed E-state index contributed by atoms with van der Waals surface area (Å²) in [5, 5.41) is 7.46. The molecule has 0 aliphatic heterocycles. The molecule has 0 aliphatic rings. The first-order valence-corrected chi connectivity index (χ1v) is 7.84. The number of alkyl halides is 5. The normalized spacial score (nSPS) is 12.3. The molecule has 0 aromatic heterocycles. The van der Waals surface area contributed by atoms with Crippen LogP contribution in [0.1, 0.15) is 20.8 Å². The SMILES string of the molecule is CC[Si](O)(CC)CC.OCC(F)(F)C(F)(F)F.[Zn]. The summed E-state index contributed by atoms with van der Waals surface area (Å²) in [6.07, 6.45) is -5.64. The standard InChI is InChI=1S/C6H16OSi.C3H3F5O.Zn/c1-4-8(7,5-2)6-3;4-2(5,1-9)3(6,7)8;/h7H,4-6H2,1-3H3;9H,1H2;. The predicted octanol–water partition coefficient (Wildman–Crippen LogP) is 3.16. The third kappa shape index (κ3) is 8.50. The van der Waals surface area contributed by atoms with Gasteiger partial charge in [0.25, 0.3) is 0 Å². The van der Waals surface area contributed by atoms with Crippen molar-refractivity contribution in [1.29, 1.82) is 0 Å². The first-order valence-electron chi connectivity index (χ1n) is 5.27. The minimum absolute atomic E-state index is 0. The fourth-order valence-corrected chi connectivity index (χ4v) is 2.34. The molecule has 9 heteroatoms. The summed E-state index contributed by atoms with van der Waals surface area (Å²) in [5.74, 6) is -4.97. The minimum Gasteiger partial charge on any atom is -0.432 e. The monoisotopic (exact) mass is 346 g/mol. The molecule has 2 N–H and O–H groups in total. The molecule has 0 radical (unpaired) electrons. The number of hydrogen-bond donors (Lipinski definition) is 2. The quantitative estimate of drug-likeness (QED) is 0.606. The molecule has 2 nitrogen and oxygen atoms in total. The average molecular weight is 348 g/mol. The maximum absolute atomic E-state index is 11.3. The van der Waals surface area contributed by atoms with Gasteiger partial charge in [0.2, 0.25) is 0 Å². The second-order valence-electron chi connectivity index (χ2n) is 3.65. The summed E-state index contributed by atoms with van der Waals surface area (Å²) in [6.45, 7) is 4.05. The van der Waals surface area contributed by atoms with Crippen molar-refractivity contribution in [2.45, 2.75) is 51.0 Å². The maximum Gasteiger partial charge on any atom is 0.455 e. The van der Waals surface area contributed by atoms with Crippen molar-refractivity contribution < 1.29 is 51.3 Å². The fourth-order valence-electron chi connectivity index (χ4n) is 0.840. The van der Waals surface area contributed by atoms with Crippen LogP contribution in [0.4, 0.5) is 22.0 Å². The molecular weight excluding hydrogens is 329 g/mol. The van der Waals surface area contributed by atoms with Crippen LogP contribution in [0.5, 0.6) is 0 Å². The van der Waals surface area contributed by atoms with E-state index in [1.165, 1.54) is 0 Å². The summed E-state index contributed by atoms with van der Waals surface area (Å²) >= 11 is 0. The Bertz CT molecular complexity index is 201. The van der Waals surface area contributed by atoms with Crippen LogP contribution in [0.15, 0.2) is 0 Å². The molecule has 0 aromatic carbocycles. The van der Waals surface area contributed by atoms with Gasteiger partial charge in [-0.2, -0.15) is 22.0 Å². The second-order valence-corrected chi connectivity index (χ2v) is 8.22. The van der Waals surface area contributed by atoms with Crippen molar-refractivity contribution in [1.82, 2.24) is 0 Å². The van der Waals surface area contributed by atoms with Gasteiger partial charge < -0.3 is 9.90 Å². The number of aliphatic hydroxyl groups is 1. The van der Waals surface area contributed by atoms with Gasteiger partial charge in [-0.15, -0.1) is 0 Å². The maximum atomic E-state index is 11.3. The van der Waals surface area contributed by atoms with Crippen molar-refractivity contribution in [3.8, 4) is 0 Å². The van der Waals surface area contributed by atoms with E-state index in [1.54, 1.807) is 0 Å². The zero-order valence-corrected chi connectivity index (χ0v) is 14.8. The van der Waals surface area contributed by atoms with Crippen LogP contribution in [-0.4, -0.2) is 36.9 Å². The first-order chi connectivity index (χ1) is 7.49. The summed E-state index contributed by atoms with van der Waals surface area (Å²) in [7, 11) is -1.67. The number of rotatable bonds is 4. The van der Waals surface area contributed by atoms with E-state index in [4.69, 9.17) is 5.11 Å². The van der Waals surface area contributed by atoms with Gasteiger partial charge in [0.05, 0.1) is 0 Å². The molecule has 0 aromatic rings. The van der Waals surface area contributed by atoms with E-state index in [2.05, 4.69) is 20.8 Å². The molecule has 0 amide bonds. The molecule has 0 rings (SSSR count). The molecule has 0 unspecified atom stereocenters. The predicted molar refractivity (Wildman–Crippen MR) is 57.5 cm³/mol. The summed E-state index contributed by atoms with van der Waals surface area (Å²) in [5.41, 5.74) is 0. The van der Waals surface area contributed by atoms with E-state index in [1.807, 2.05) is 0 Å². The fraction of sp³-hybridized carbons (Fsp3) is 1.00. The van der Waals surface area contributed by atoms with E-state index in [-0.39, 0.29) is 19.5 Å². The van der Waals surface area contributed by atoms with E-state index in [9.17, 15) is 26.7 Å². The van der Waals surface area contributed by atoms with Gasteiger partial charge in [-0.1, -0.05) is 20.8 Å². The Morgan fingerprint density at radius 3 is 1.17 bits per heavy atom.